The van der Waals surface area contributed by atoms with E-state index in [4.69, 9.17) is 0 Å². The molecule has 0 atom stereocenters. The van der Waals surface area contributed by atoms with Crippen molar-refractivity contribution in [2.75, 3.05) is 0 Å². The largest absolute Gasteiger partial charge is 0.351 e. The Kier molecular flexibility index (Phi) is 1.82. The maximum Gasteiger partial charge on any atom is 0.0704 e. The molecular formula is C14H11N. The van der Waals surface area contributed by atoms with E-state index in [1.54, 1.807) is 0 Å². The maximum atomic E-state index is 3.33. The average Bonchev–Trinajstić information content (AvgIpc) is 3.11. The minimum atomic E-state index is 1.25. The minimum Gasteiger partial charge on any atom is -0.351 e. The maximum absolute atomic E-state index is 3.33. The van der Waals surface area contributed by atoms with E-state index in [1.165, 1.54) is 22.5 Å². The number of hydrogen-bond acceptors (Lipinski definition) is 1. The Morgan fingerprint density at radius 2 is 0.933 bits per heavy atom. The molecule has 0 aromatic heterocycles. The molecule has 1 nitrogen and oxygen atoms in total. The predicted molar refractivity (Wildman–Crippen MR) is 62.8 cm³/mol. The van der Waals surface area contributed by atoms with Gasteiger partial charge < -0.3 is 5.32 Å². The van der Waals surface area contributed by atoms with Gasteiger partial charge in [0, 0.05) is 11.1 Å². The lowest BCUT2D eigenvalue weighted by molar-refractivity contribution is 1.43. The second-order valence-corrected chi connectivity index (χ2v) is 3.61. The van der Waals surface area contributed by atoms with Crippen molar-refractivity contribution in [3.05, 3.63) is 71.8 Å². The van der Waals surface area contributed by atoms with Gasteiger partial charge in [0.2, 0.25) is 0 Å². The third-order valence-electron chi connectivity index (χ3n) is 2.56. The molecular weight excluding hydrogens is 182 g/mol. The lowest BCUT2D eigenvalue weighted by Crippen LogP contribution is -1.81. The zero-order valence-electron chi connectivity index (χ0n) is 8.27. The summed E-state index contributed by atoms with van der Waals surface area (Å²) in [6, 6.07) is 20.8. The first-order valence-electron chi connectivity index (χ1n) is 5.07. The summed E-state index contributed by atoms with van der Waals surface area (Å²) in [6.07, 6.45) is 0. The molecule has 72 valence electrons. The Morgan fingerprint density at radius 1 is 0.533 bits per heavy atom. The summed E-state index contributed by atoms with van der Waals surface area (Å²) >= 11 is 0. The molecule has 1 aliphatic rings. The van der Waals surface area contributed by atoms with Crippen LogP contribution in [-0.4, -0.2) is 0 Å². The zero-order valence-corrected chi connectivity index (χ0v) is 8.27. The van der Waals surface area contributed by atoms with Crippen molar-refractivity contribution in [2.45, 2.75) is 0 Å². The molecule has 15 heavy (non-hydrogen) atoms. The van der Waals surface area contributed by atoms with Gasteiger partial charge in [-0.25, -0.2) is 0 Å². The van der Waals surface area contributed by atoms with Crippen LogP contribution in [-0.2, 0) is 0 Å². The topological polar surface area (TPSA) is 21.9 Å². The molecule has 3 rings (SSSR count). The van der Waals surface area contributed by atoms with Crippen LogP contribution < -0.4 is 5.32 Å². The third-order valence-corrected chi connectivity index (χ3v) is 2.56. The fourth-order valence-electron chi connectivity index (χ4n) is 1.74. The summed E-state index contributed by atoms with van der Waals surface area (Å²) in [5.41, 5.74) is 5.02. The van der Waals surface area contributed by atoms with E-state index in [1.807, 2.05) is 12.1 Å². The van der Waals surface area contributed by atoms with Crippen molar-refractivity contribution in [2.24, 2.45) is 0 Å². The Labute approximate surface area is 89.1 Å². The fraction of sp³-hybridized carbons (Fsp3) is 0. The molecule has 0 amide bonds. The van der Waals surface area contributed by atoms with Crippen molar-refractivity contribution in [1.29, 1.82) is 0 Å². The Bertz CT molecular complexity index is 450. The average molecular weight is 193 g/mol. The standard InChI is InChI=1S/C14H11N/c1-3-7-11(8-4-1)13-14(15-13)12-9-5-2-6-10-12/h1-10,15H. The molecule has 0 unspecified atom stereocenters. The van der Waals surface area contributed by atoms with E-state index >= 15 is 0 Å². The van der Waals surface area contributed by atoms with E-state index < -0.39 is 0 Å². The molecule has 1 N–H and O–H groups in total. The molecule has 1 heteroatoms. The van der Waals surface area contributed by atoms with Gasteiger partial charge >= 0.3 is 0 Å². The van der Waals surface area contributed by atoms with Crippen LogP contribution in [0.15, 0.2) is 60.7 Å². The van der Waals surface area contributed by atoms with Gasteiger partial charge in [-0.3, -0.25) is 0 Å². The Balaban J connectivity index is 1.97. The number of hydrogen-bond donors (Lipinski definition) is 1. The molecule has 1 aliphatic heterocycles. The first-order chi connectivity index (χ1) is 7.45. The van der Waals surface area contributed by atoms with Gasteiger partial charge in [0.15, 0.2) is 0 Å². The van der Waals surface area contributed by atoms with Crippen molar-refractivity contribution < 1.29 is 0 Å². The second kappa shape index (κ2) is 3.28. The van der Waals surface area contributed by atoms with Crippen molar-refractivity contribution in [1.82, 2.24) is 5.32 Å². The van der Waals surface area contributed by atoms with Crippen LogP contribution in [0.25, 0.3) is 11.4 Å². The predicted octanol–water partition coefficient (Wildman–Crippen LogP) is 3.12. The quantitative estimate of drug-likeness (QED) is 0.777. The van der Waals surface area contributed by atoms with Crippen LogP contribution in [0.5, 0.6) is 0 Å². The van der Waals surface area contributed by atoms with Crippen molar-refractivity contribution in [3.63, 3.8) is 0 Å². The second-order valence-electron chi connectivity index (χ2n) is 3.61. The van der Waals surface area contributed by atoms with E-state index in [0.717, 1.165) is 0 Å². The summed E-state index contributed by atoms with van der Waals surface area (Å²) in [5.74, 6) is 0. The summed E-state index contributed by atoms with van der Waals surface area (Å²) in [7, 11) is 0. The lowest BCUT2D eigenvalue weighted by atomic mass is 10.1. The molecule has 0 fully saturated rings. The highest BCUT2D eigenvalue weighted by atomic mass is 15.0. The molecule has 0 aliphatic carbocycles. The van der Waals surface area contributed by atoms with Gasteiger partial charge in [-0.05, 0) is 0 Å². The number of rotatable bonds is 2. The van der Waals surface area contributed by atoms with Gasteiger partial charge in [-0.15, -0.1) is 0 Å². The van der Waals surface area contributed by atoms with E-state index in [9.17, 15) is 0 Å². The monoisotopic (exact) mass is 193 g/mol. The SMILES string of the molecule is c1ccc(C2=C(c3ccccc3)N2)cc1. The molecule has 1 heterocycles. The van der Waals surface area contributed by atoms with Gasteiger partial charge in [-0.1, -0.05) is 60.7 Å². The lowest BCUT2D eigenvalue weighted by Gasteiger charge is -1.89. The highest BCUT2D eigenvalue weighted by Crippen LogP contribution is 2.34. The van der Waals surface area contributed by atoms with Gasteiger partial charge in [0.05, 0.1) is 11.4 Å². The van der Waals surface area contributed by atoms with Crippen molar-refractivity contribution in [3.8, 4) is 0 Å². The summed E-state index contributed by atoms with van der Waals surface area (Å²) in [4.78, 5) is 0. The van der Waals surface area contributed by atoms with Gasteiger partial charge in [-0.2, -0.15) is 0 Å². The first-order valence-corrected chi connectivity index (χ1v) is 5.07. The van der Waals surface area contributed by atoms with Crippen LogP contribution in [0, 0.1) is 0 Å². The van der Waals surface area contributed by atoms with Crippen LogP contribution in [0.3, 0.4) is 0 Å². The molecule has 0 radical (unpaired) electrons. The molecule has 0 spiro atoms. The normalized spacial score (nSPS) is 13.6. The number of benzene rings is 2. The summed E-state index contributed by atoms with van der Waals surface area (Å²) < 4.78 is 0. The Morgan fingerprint density at radius 3 is 1.33 bits per heavy atom. The minimum absolute atomic E-state index is 1.25. The van der Waals surface area contributed by atoms with E-state index in [-0.39, 0.29) is 0 Å². The van der Waals surface area contributed by atoms with Crippen LogP contribution in [0.1, 0.15) is 11.1 Å². The molecule has 0 saturated heterocycles. The van der Waals surface area contributed by atoms with Crippen molar-refractivity contribution >= 4 is 11.4 Å². The Hall–Kier alpha value is -2.02. The fourth-order valence-corrected chi connectivity index (χ4v) is 1.74. The summed E-state index contributed by atoms with van der Waals surface area (Å²) in [5, 5.41) is 3.33. The van der Waals surface area contributed by atoms with E-state index in [2.05, 4.69) is 53.8 Å². The highest BCUT2D eigenvalue weighted by Gasteiger charge is 2.22. The zero-order chi connectivity index (χ0) is 10.1. The number of nitrogens with one attached hydrogen (secondary N) is 1. The molecule has 2 aromatic carbocycles. The van der Waals surface area contributed by atoms with Gasteiger partial charge in [0.1, 0.15) is 0 Å². The molecule has 0 bridgehead atoms. The first kappa shape index (κ1) is 8.30. The van der Waals surface area contributed by atoms with Crippen LogP contribution in [0.4, 0.5) is 0 Å². The smallest absolute Gasteiger partial charge is 0.0704 e. The molecule has 2 aromatic rings. The summed E-state index contributed by atoms with van der Waals surface area (Å²) in [6.45, 7) is 0. The van der Waals surface area contributed by atoms with Crippen LogP contribution in [0.2, 0.25) is 0 Å². The van der Waals surface area contributed by atoms with E-state index in [0.29, 0.717) is 0 Å². The highest BCUT2D eigenvalue weighted by molar-refractivity contribution is 6.04. The third kappa shape index (κ3) is 1.52. The van der Waals surface area contributed by atoms with Crippen LogP contribution >= 0.6 is 0 Å². The molecule has 0 saturated carbocycles. The van der Waals surface area contributed by atoms with Gasteiger partial charge in [0.25, 0.3) is 0 Å².